The van der Waals surface area contributed by atoms with Gasteiger partial charge in [-0.05, 0) is 128 Å². The van der Waals surface area contributed by atoms with E-state index in [-0.39, 0.29) is 16.9 Å². The van der Waals surface area contributed by atoms with E-state index in [2.05, 4.69) is 48.1 Å². The first-order valence-electron chi connectivity index (χ1n) is 13.8. The number of hydrogen-bond acceptors (Lipinski definition) is 2. The van der Waals surface area contributed by atoms with E-state index in [4.69, 9.17) is 0 Å². The molecule has 10 atom stereocenters. The van der Waals surface area contributed by atoms with Gasteiger partial charge in [-0.3, -0.25) is 0 Å². The van der Waals surface area contributed by atoms with Crippen LogP contribution in [0.3, 0.4) is 0 Å². The summed E-state index contributed by atoms with van der Waals surface area (Å²) in [5.41, 5.74) is 2.60. The number of hydrogen-bond donors (Lipinski definition) is 2. The highest BCUT2D eigenvalue weighted by Gasteiger charge is 2.70. The van der Waals surface area contributed by atoms with Crippen LogP contribution in [0.15, 0.2) is 12.2 Å². The summed E-state index contributed by atoms with van der Waals surface area (Å²) in [5, 5.41) is 21.5. The summed E-state index contributed by atoms with van der Waals surface area (Å²) < 4.78 is 0. The van der Waals surface area contributed by atoms with Crippen molar-refractivity contribution in [3.63, 3.8) is 0 Å². The Hall–Kier alpha value is -0.340. The minimum atomic E-state index is -0.147. The fraction of sp³-hybridized carbons (Fsp3) is 0.933. The molecule has 2 heteroatoms. The summed E-state index contributed by atoms with van der Waals surface area (Å²) in [5.74, 6) is 3.33. The van der Waals surface area contributed by atoms with Crippen LogP contribution in [0.25, 0.3) is 0 Å². The lowest BCUT2D eigenvalue weighted by Gasteiger charge is -2.73. The van der Waals surface area contributed by atoms with Gasteiger partial charge in [0.25, 0.3) is 0 Å². The molecule has 5 aliphatic carbocycles. The number of fused-ring (bicyclic) bond motifs is 7. The van der Waals surface area contributed by atoms with Crippen LogP contribution >= 0.6 is 0 Å². The molecule has 0 aliphatic heterocycles. The van der Waals surface area contributed by atoms with Crippen molar-refractivity contribution in [1.82, 2.24) is 0 Å². The highest BCUT2D eigenvalue weighted by Crippen LogP contribution is 2.77. The van der Waals surface area contributed by atoms with E-state index in [1.165, 1.54) is 63.4 Å². The Bertz CT molecular complexity index is 786. The van der Waals surface area contributed by atoms with Crippen molar-refractivity contribution in [1.29, 1.82) is 0 Å². The van der Waals surface area contributed by atoms with Gasteiger partial charge in [-0.15, -0.1) is 0 Å². The first-order chi connectivity index (χ1) is 14.9. The van der Waals surface area contributed by atoms with E-state index in [1.54, 1.807) is 0 Å². The van der Waals surface area contributed by atoms with Crippen molar-refractivity contribution in [2.24, 2.45) is 56.7 Å². The molecule has 0 radical (unpaired) electrons. The topological polar surface area (TPSA) is 40.5 Å². The minimum absolute atomic E-state index is 0.0290. The molecular weight excluding hydrogens is 392 g/mol. The highest BCUT2D eigenvalue weighted by molar-refractivity contribution is 5.21. The van der Waals surface area contributed by atoms with Gasteiger partial charge in [-0.25, -0.2) is 0 Å². The van der Waals surface area contributed by atoms with Crippen LogP contribution in [0.5, 0.6) is 0 Å². The molecule has 5 rings (SSSR count). The molecule has 5 fully saturated rings. The lowest BCUT2D eigenvalue weighted by atomic mass is 9.32. The smallest absolute Gasteiger partial charge is 0.0594 e. The minimum Gasteiger partial charge on any atom is -0.396 e. The average Bonchev–Trinajstić information content (AvgIpc) is 3.12. The van der Waals surface area contributed by atoms with Crippen molar-refractivity contribution in [2.45, 2.75) is 112 Å². The largest absolute Gasteiger partial charge is 0.396 e. The molecular formula is C30H50O2. The lowest BCUT2D eigenvalue weighted by molar-refractivity contribution is -0.249. The zero-order valence-electron chi connectivity index (χ0n) is 21.8. The van der Waals surface area contributed by atoms with Gasteiger partial charge in [0.15, 0.2) is 0 Å². The molecule has 0 saturated heterocycles. The normalized spacial score (nSPS) is 56.5. The molecule has 32 heavy (non-hydrogen) atoms. The van der Waals surface area contributed by atoms with Crippen molar-refractivity contribution >= 4 is 0 Å². The molecule has 2 nitrogen and oxygen atoms in total. The maximum absolute atomic E-state index is 10.9. The van der Waals surface area contributed by atoms with Crippen LogP contribution in [0.2, 0.25) is 0 Å². The Morgan fingerprint density at radius 1 is 0.812 bits per heavy atom. The van der Waals surface area contributed by atoms with Crippen LogP contribution in [0, 0.1) is 56.7 Å². The number of aliphatic hydroxyl groups is 2. The summed E-state index contributed by atoms with van der Waals surface area (Å²) in [6.45, 7) is 19.7. The van der Waals surface area contributed by atoms with Gasteiger partial charge in [-0.2, -0.15) is 0 Å². The molecule has 2 N–H and O–H groups in total. The summed E-state index contributed by atoms with van der Waals surface area (Å²) in [6.07, 6.45) is 12.2. The molecule has 5 saturated carbocycles. The van der Waals surface area contributed by atoms with E-state index in [1.807, 2.05) is 0 Å². The molecule has 5 aliphatic rings. The maximum atomic E-state index is 10.9. The van der Waals surface area contributed by atoms with Crippen LogP contribution < -0.4 is 0 Å². The molecule has 0 bridgehead atoms. The predicted molar refractivity (Wildman–Crippen MR) is 132 cm³/mol. The van der Waals surface area contributed by atoms with Gasteiger partial charge in [-0.1, -0.05) is 46.8 Å². The standard InChI is InChI=1S/C30H50O2/c1-19(2)20-10-15-30(18-31)17-16-28(6)21(25(20)30)8-9-23-27(5)13-12-24(32)26(3,4)22(27)11-14-29(23,28)7/h20-25,31-32H,1,8-18H2,2-7H3/t20?,21-,22+,23?,24?,25?,27+,28-,29?,30-/m1/s1. The van der Waals surface area contributed by atoms with Crippen LogP contribution in [-0.4, -0.2) is 22.9 Å². The Labute approximate surface area is 197 Å². The molecule has 5 unspecified atom stereocenters. The van der Waals surface area contributed by atoms with Crippen molar-refractivity contribution in [2.75, 3.05) is 6.61 Å². The first kappa shape index (κ1) is 23.4. The lowest BCUT2D eigenvalue weighted by Crippen LogP contribution is -2.66. The molecule has 0 aromatic rings. The van der Waals surface area contributed by atoms with Gasteiger partial charge in [0, 0.05) is 6.61 Å². The van der Waals surface area contributed by atoms with Crippen molar-refractivity contribution in [3.05, 3.63) is 12.2 Å². The van der Waals surface area contributed by atoms with Gasteiger partial charge >= 0.3 is 0 Å². The fourth-order valence-electron chi connectivity index (χ4n) is 11.5. The first-order valence-corrected chi connectivity index (χ1v) is 13.8. The molecule has 0 aromatic carbocycles. The summed E-state index contributed by atoms with van der Waals surface area (Å²) in [7, 11) is 0. The van der Waals surface area contributed by atoms with E-state index in [0.29, 0.717) is 40.6 Å². The molecule has 0 aromatic heterocycles. The Morgan fingerprint density at radius 2 is 1.53 bits per heavy atom. The van der Waals surface area contributed by atoms with Gasteiger partial charge in [0.05, 0.1) is 6.10 Å². The van der Waals surface area contributed by atoms with E-state index in [0.717, 1.165) is 18.3 Å². The quantitative estimate of drug-likeness (QED) is 0.452. The molecule has 182 valence electrons. The second-order valence-corrected chi connectivity index (χ2v) is 14.6. The Morgan fingerprint density at radius 3 is 2.19 bits per heavy atom. The van der Waals surface area contributed by atoms with Crippen molar-refractivity contribution < 1.29 is 10.2 Å². The van der Waals surface area contributed by atoms with E-state index in [9.17, 15) is 10.2 Å². The predicted octanol–water partition coefficient (Wildman–Crippen LogP) is 7.00. The van der Waals surface area contributed by atoms with Gasteiger partial charge in [0.1, 0.15) is 0 Å². The average molecular weight is 443 g/mol. The van der Waals surface area contributed by atoms with E-state index < -0.39 is 0 Å². The fourth-order valence-corrected chi connectivity index (χ4v) is 11.5. The van der Waals surface area contributed by atoms with Crippen molar-refractivity contribution in [3.8, 4) is 0 Å². The SMILES string of the molecule is C=C(C)C1CC[C@]2(CO)CC[C@]3(C)[C@H](CCC4C3(C)CC[C@H]3C(C)(C)C(O)CC[C@]43C)C12. The Balaban J connectivity index is 1.55. The van der Waals surface area contributed by atoms with Gasteiger partial charge < -0.3 is 10.2 Å². The third-order valence-corrected chi connectivity index (χ3v) is 13.5. The second-order valence-electron chi connectivity index (χ2n) is 14.6. The molecule has 0 amide bonds. The zero-order chi connectivity index (χ0) is 23.3. The molecule has 0 heterocycles. The molecule has 0 spiro atoms. The third-order valence-electron chi connectivity index (χ3n) is 13.5. The summed E-state index contributed by atoms with van der Waals surface area (Å²) in [4.78, 5) is 0. The van der Waals surface area contributed by atoms with Gasteiger partial charge in [0.2, 0.25) is 0 Å². The summed E-state index contributed by atoms with van der Waals surface area (Å²) in [6, 6.07) is 0. The number of allylic oxidation sites excluding steroid dienone is 1. The monoisotopic (exact) mass is 442 g/mol. The number of aliphatic hydroxyl groups excluding tert-OH is 2. The zero-order valence-corrected chi connectivity index (χ0v) is 21.8. The van der Waals surface area contributed by atoms with Crippen LogP contribution in [0.1, 0.15) is 106 Å². The third kappa shape index (κ3) is 2.66. The second kappa shape index (κ2) is 7.09. The maximum Gasteiger partial charge on any atom is 0.0594 e. The summed E-state index contributed by atoms with van der Waals surface area (Å²) >= 11 is 0. The Kier molecular flexibility index (Phi) is 5.19. The van der Waals surface area contributed by atoms with Crippen LogP contribution in [0.4, 0.5) is 0 Å². The van der Waals surface area contributed by atoms with E-state index >= 15 is 0 Å². The van der Waals surface area contributed by atoms with Crippen LogP contribution in [-0.2, 0) is 0 Å². The number of rotatable bonds is 2. The highest BCUT2D eigenvalue weighted by atomic mass is 16.3.